The van der Waals surface area contributed by atoms with Gasteiger partial charge in [-0.1, -0.05) is 13.8 Å². The van der Waals surface area contributed by atoms with Crippen LogP contribution >= 0.6 is 0 Å². The number of rotatable bonds is 4. The van der Waals surface area contributed by atoms with Crippen LogP contribution in [0.25, 0.3) is 0 Å². The van der Waals surface area contributed by atoms with E-state index in [4.69, 9.17) is 14.2 Å². The first kappa shape index (κ1) is 15.0. The maximum atomic E-state index is 11.9. The number of nitrogens with one attached hydrogen (secondary N) is 1. The number of hydrogen-bond acceptors (Lipinski definition) is 5. The van der Waals surface area contributed by atoms with Crippen molar-refractivity contribution in [3.8, 4) is 0 Å². The zero-order valence-corrected chi connectivity index (χ0v) is 12.1. The van der Waals surface area contributed by atoms with E-state index in [0.717, 1.165) is 0 Å². The van der Waals surface area contributed by atoms with Gasteiger partial charge in [-0.3, -0.25) is 14.3 Å². The van der Waals surface area contributed by atoms with Crippen molar-refractivity contribution in [1.29, 1.82) is 0 Å². The van der Waals surface area contributed by atoms with Crippen LogP contribution in [-0.4, -0.2) is 35.7 Å². The van der Waals surface area contributed by atoms with Crippen molar-refractivity contribution in [2.75, 3.05) is 14.2 Å². The lowest BCUT2D eigenvalue weighted by molar-refractivity contribution is -0.242. The lowest BCUT2D eigenvalue weighted by atomic mass is 9.94. The largest absolute Gasteiger partial charge is 0.376 e. The van der Waals surface area contributed by atoms with Crippen LogP contribution in [0.1, 0.15) is 26.5 Å². The first-order chi connectivity index (χ1) is 9.49. The predicted molar refractivity (Wildman–Crippen MR) is 71.4 cm³/mol. The number of ether oxygens (including phenoxy) is 3. The van der Waals surface area contributed by atoms with Gasteiger partial charge in [0.05, 0.1) is 0 Å². The molecule has 1 saturated heterocycles. The summed E-state index contributed by atoms with van der Waals surface area (Å²) in [7, 11) is 3.14. The van der Waals surface area contributed by atoms with Crippen LogP contribution < -0.4 is 11.2 Å². The number of hydrogen-bond donors (Lipinski definition) is 1. The lowest BCUT2D eigenvalue weighted by Gasteiger charge is -2.30. The van der Waals surface area contributed by atoms with Gasteiger partial charge < -0.3 is 14.2 Å². The van der Waals surface area contributed by atoms with Gasteiger partial charge in [-0.05, 0) is 6.42 Å². The monoisotopic (exact) mass is 284 g/mol. The Kier molecular flexibility index (Phi) is 4.12. The minimum absolute atomic E-state index is 0.0636. The fraction of sp³-hybridized carbons (Fsp3) is 0.692. The molecule has 0 spiro atoms. The molecular formula is C13H20N2O5. The van der Waals surface area contributed by atoms with Gasteiger partial charge in [-0.15, -0.1) is 0 Å². The number of methoxy groups -OCH3 is 2. The Bertz CT molecular complexity index is 575. The van der Waals surface area contributed by atoms with Crippen molar-refractivity contribution in [3.63, 3.8) is 0 Å². The van der Waals surface area contributed by atoms with Gasteiger partial charge in [0.25, 0.3) is 5.56 Å². The minimum atomic E-state index is -0.805. The molecule has 1 fully saturated rings. The average molecular weight is 284 g/mol. The van der Waals surface area contributed by atoms with E-state index in [2.05, 4.69) is 4.98 Å². The summed E-state index contributed by atoms with van der Waals surface area (Å²) >= 11 is 0. The van der Waals surface area contributed by atoms with Gasteiger partial charge in [-0.25, -0.2) is 4.79 Å². The molecular weight excluding hydrogens is 264 g/mol. The molecule has 2 rings (SSSR count). The molecule has 2 heterocycles. The van der Waals surface area contributed by atoms with Crippen molar-refractivity contribution in [1.82, 2.24) is 9.55 Å². The van der Waals surface area contributed by atoms with Gasteiger partial charge in [0.1, 0.15) is 6.10 Å². The summed E-state index contributed by atoms with van der Waals surface area (Å²) in [5.74, 6) is -0.868. The quantitative estimate of drug-likeness (QED) is 0.869. The average Bonchev–Trinajstić information content (AvgIpc) is 2.71. The van der Waals surface area contributed by atoms with Gasteiger partial charge in [0.2, 0.25) is 0 Å². The molecule has 0 saturated carbocycles. The van der Waals surface area contributed by atoms with Gasteiger partial charge in [-0.2, -0.15) is 0 Å². The maximum Gasteiger partial charge on any atom is 0.330 e. The molecule has 7 nitrogen and oxygen atoms in total. The molecule has 1 aliphatic heterocycles. The molecule has 4 atom stereocenters. The third kappa shape index (κ3) is 2.21. The van der Waals surface area contributed by atoms with E-state index in [9.17, 15) is 9.59 Å². The van der Waals surface area contributed by atoms with Crippen LogP contribution in [-0.2, 0) is 14.2 Å². The fourth-order valence-corrected chi connectivity index (χ4v) is 2.82. The van der Waals surface area contributed by atoms with E-state index >= 15 is 0 Å². The Balaban J connectivity index is 2.46. The summed E-state index contributed by atoms with van der Waals surface area (Å²) in [6, 6.07) is 1.28. The Morgan fingerprint density at radius 1 is 1.45 bits per heavy atom. The van der Waals surface area contributed by atoms with Crippen molar-refractivity contribution in [2.24, 2.45) is 5.92 Å². The third-order valence-electron chi connectivity index (χ3n) is 4.02. The molecule has 0 unspecified atom stereocenters. The highest BCUT2D eigenvalue weighted by atomic mass is 16.7. The highest BCUT2D eigenvalue weighted by molar-refractivity contribution is 4.95. The van der Waals surface area contributed by atoms with E-state index < -0.39 is 23.3 Å². The SMILES string of the molecule is CC[C@@]1(OC)O[C@@H](n2ccc(=O)[nH]c2=O)[C@H](OC)[C@@H]1C. The van der Waals surface area contributed by atoms with Gasteiger partial charge in [0.15, 0.2) is 12.0 Å². The van der Waals surface area contributed by atoms with Crippen LogP contribution in [0.3, 0.4) is 0 Å². The second kappa shape index (κ2) is 5.51. The predicted octanol–water partition coefficient (Wildman–Crippen LogP) is 0.469. The molecule has 0 bridgehead atoms. The molecule has 1 aromatic heterocycles. The fourth-order valence-electron chi connectivity index (χ4n) is 2.82. The molecule has 0 radical (unpaired) electrons. The second-order valence-electron chi connectivity index (χ2n) is 4.88. The molecule has 1 aliphatic rings. The van der Waals surface area contributed by atoms with Crippen LogP contribution in [0.4, 0.5) is 0 Å². The summed E-state index contributed by atoms with van der Waals surface area (Å²) < 4.78 is 18.3. The molecule has 0 amide bonds. The third-order valence-corrected chi connectivity index (χ3v) is 4.02. The van der Waals surface area contributed by atoms with Crippen molar-refractivity contribution in [3.05, 3.63) is 33.1 Å². The van der Waals surface area contributed by atoms with Gasteiger partial charge in [0, 0.05) is 32.4 Å². The van der Waals surface area contributed by atoms with Crippen molar-refractivity contribution < 1.29 is 14.2 Å². The van der Waals surface area contributed by atoms with E-state index in [1.54, 1.807) is 14.2 Å². The molecule has 20 heavy (non-hydrogen) atoms. The molecule has 0 aliphatic carbocycles. The Labute approximate surface area is 116 Å². The highest BCUT2D eigenvalue weighted by Gasteiger charge is 2.53. The summed E-state index contributed by atoms with van der Waals surface area (Å²) in [4.78, 5) is 25.3. The van der Waals surface area contributed by atoms with Gasteiger partial charge >= 0.3 is 5.69 Å². The minimum Gasteiger partial charge on any atom is -0.376 e. The summed E-state index contributed by atoms with van der Waals surface area (Å²) in [6.07, 6.45) is 1.04. The first-order valence-electron chi connectivity index (χ1n) is 6.56. The normalized spacial score (nSPS) is 33.5. The zero-order chi connectivity index (χ0) is 14.9. The summed E-state index contributed by atoms with van der Waals surface area (Å²) in [6.45, 7) is 3.91. The van der Waals surface area contributed by atoms with Crippen LogP contribution in [0.5, 0.6) is 0 Å². The standard InChI is InChI=1S/C13H20N2O5/c1-5-13(19-4)8(2)10(18-3)11(20-13)15-7-6-9(16)14-12(15)17/h6-8,10-11H,5H2,1-4H3,(H,14,16,17)/t8-,10+,11+,13+/m0/s1. The zero-order valence-electron chi connectivity index (χ0n) is 12.1. The molecule has 0 aromatic carbocycles. The molecule has 1 N–H and O–H groups in total. The summed E-state index contributed by atoms with van der Waals surface area (Å²) in [5.41, 5.74) is -0.973. The van der Waals surface area contributed by atoms with Crippen LogP contribution in [0.15, 0.2) is 21.9 Å². The number of H-pyrrole nitrogens is 1. The van der Waals surface area contributed by atoms with E-state index in [0.29, 0.717) is 6.42 Å². The van der Waals surface area contributed by atoms with Crippen molar-refractivity contribution in [2.45, 2.75) is 38.4 Å². The summed E-state index contributed by atoms with van der Waals surface area (Å²) in [5, 5.41) is 0. The number of aromatic amines is 1. The first-order valence-corrected chi connectivity index (χ1v) is 6.56. The van der Waals surface area contributed by atoms with E-state index in [1.165, 1.54) is 16.8 Å². The van der Waals surface area contributed by atoms with Crippen molar-refractivity contribution >= 4 is 0 Å². The van der Waals surface area contributed by atoms with E-state index in [1.807, 2.05) is 13.8 Å². The Hall–Kier alpha value is -1.44. The second-order valence-corrected chi connectivity index (χ2v) is 4.88. The van der Waals surface area contributed by atoms with Crippen LogP contribution in [0, 0.1) is 5.92 Å². The Morgan fingerprint density at radius 3 is 2.65 bits per heavy atom. The molecule has 1 aromatic rings. The number of nitrogens with zero attached hydrogens (tertiary/aromatic N) is 1. The molecule has 7 heteroatoms. The lowest BCUT2D eigenvalue weighted by Crippen LogP contribution is -2.38. The van der Waals surface area contributed by atoms with Crippen LogP contribution in [0.2, 0.25) is 0 Å². The highest BCUT2D eigenvalue weighted by Crippen LogP contribution is 2.44. The number of aromatic nitrogens is 2. The maximum absolute atomic E-state index is 11.9. The topological polar surface area (TPSA) is 82.5 Å². The smallest absolute Gasteiger partial charge is 0.330 e. The Morgan fingerprint density at radius 2 is 2.15 bits per heavy atom. The molecule has 112 valence electrons. The van der Waals surface area contributed by atoms with E-state index in [-0.39, 0.29) is 12.0 Å².